The highest BCUT2D eigenvalue weighted by atomic mass is 16.1. The molecule has 6 aromatic rings. The van der Waals surface area contributed by atoms with Crippen molar-refractivity contribution in [2.45, 2.75) is 6.92 Å². The molecule has 0 aliphatic rings. The summed E-state index contributed by atoms with van der Waals surface area (Å²) < 4.78 is 0. The Morgan fingerprint density at radius 2 is 1.38 bits per heavy atom. The van der Waals surface area contributed by atoms with Gasteiger partial charge in [-0.05, 0) is 36.2 Å². The van der Waals surface area contributed by atoms with Crippen LogP contribution in [0.4, 0.5) is 0 Å². The number of pyridine rings is 1. The molecule has 0 fully saturated rings. The lowest BCUT2D eigenvalue weighted by Gasteiger charge is -2.12. The molecule has 0 saturated carbocycles. The van der Waals surface area contributed by atoms with Crippen LogP contribution in [0, 0.1) is 0 Å². The van der Waals surface area contributed by atoms with E-state index >= 15 is 0 Å². The zero-order valence-electron chi connectivity index (χ0n) is 18.7. The first-order chi connectivity index (χ1) is 16.7. The molecule has 0 aliphatic heterocycles. The number of para-hydroxylation sites is 2. The van der Waals surface area contributed by atoms with E-state index in [0.29, 0.717) is 5.56 Å². The third kappa shape index (κ3) is 3.39. The lowest BCUT2D eigenvalue weighted by atomic mass is 9.94. The Morgan fingerprint density at radius 3 is 2.15 bits per heavy atom. The van der Waals surface area contributed by atoms with Gasteiger partial charge in [-0.15, -0.1) is 0 Å². The first-order valence-corrected chi connectivity index (χ1v) is 11.4. The van der Waals surface area contributed by atoms with E-state index in [1.807, 2.05) is 36.4 Å². The van der Waals surface area contributed by atoms with E-state index in [1.165, 1.54) is 10.9 Å². The molecule has 0 bridgehead atoms. The van der Waals surface area contributed by atoms with Gasteiger partial charge in [0.05, 0.1) is 16.9 Å². The van der Waals surface area contributed by atoms with Crippen molar-refractivity contribution < 1.29 is 4.79 Å². The predicted octanol–water partition coefficient (Wildman–Crippen LogP) is 7.92. The molecule has 2 heterocycles. The van der Waals surface area contributed by atoms with Gasteiger partial charge in [-0.3, -0.25) is 4.79 Å². The Bertz CT molecular complexity index is 1660. The zero-order valence-corrected chi connectivity index (χ0v) is 18.7. The van der Waals surface area contributed by atoms with Gasteiger partial charge in [-0.2, -0.15) is 0 Å². The minimum Gasteiger partial charge on any atom is -0.354 e. The SMILES string of the molecule is CC(=O)c1ccc(-c2cc(-c3c(-c4ccccc4)[nH]c4ccccc34)c3ccccc3n2)cc1. The number of rotatable bonds is 4. The van der Waals surface area contributed by atoms with Crippen molar-refractivity contribution >= 4 is 27.6 Å². The average molecular weight is 439 g/mol. The van der Waals surface area contributed by atoms with Crippen LogP contribution in [0.15, 0.2) is 109 Å². The lowest BCUT2D eigenvalue weighted by Crippen LogP contribution is -1.93. The second-order valence-corrected chi connectivity index (χ2v) is 8.49. The fourth-order valence-corrected chi connectivity index (χ4v) is 4.65. The second kappa shape index (κ2) is 8.13. The predicted molar refractivity (Wildman–Crippen MR) is 140 cm³/mol. The standard InChI is InChI=1S/C31H22N2O/c1-20(34)21-15-17-22(18-16-21)29-19-26(24-11-5-7-13-27(24)32-29)30-25-12-6-8-14-28(25)33-31(30)23-9-3-2-4-10-23/h2-19,33H,1H3. The van der Waals surface area contributed by atoms with E-state index in [0.717, 1.165) is 44.5 Å². The van der Waals surface area contributed by atoms with Crippen molar-refractivity contribution in [2.24, 2.45) is 0 Å². The summed E-state index contributed by atoms with van der Waals surface area (Å²) in [6.07, 6.45) is 0. The third-order valence-electron chi connectivity index (χ3n) is 6.34. The first kappa shape index (κ1) is 20.1. The molecule has 3 nitrogen and oxygen atoms in total. The Labute approximate surface area is 197 Å². The average Bonchev–Trinajstić information content (AvgIpc) is 3.28. The highest BCUT2D eigenvalue weighted by Gasteiger charge is 2.18. The number of nitrogens with zero attached hydrogens (tertiary/aromatic N) is 1. The van der Waals surface area contributed by atoms with Gasteiger partial charge in [0.25, 0.3) is 0 Å². The largest absolute Gasteiger partial charge is 0.354 e. The van der Waals surface area contributed by atoms with Crippen LogP contribution in [-0.2, 0) is 0 Å². The van der Waals surface area contributed by atoms with E-state index in [2.05, 4.69) is 77.8 Å². The number of Topliss-reactive ketones (excluding diaryl/α,β-unsaturated/α-hetero) is 1. The van der Waals surface area contributed by atoms with E-state index in [9.17, 15) is 4.79 Å². The molecule has 2 aromatic heterocycles. The van der Waals surface area contributed by atoms with Gasteiger partial charge in [0.1, 0.15) is 0 Å². The number of benzene rings is 4. The minimum atomic E-state index is 0.0602. The van der Waals surface area contributed by atoms with E-state index in [-0.39, 0.29) is 5.78 Å². The molecular weight excluding hydrogens is 416 g/mol. The third-order valence-corrected chi connectivity index (χ3v) is 6.34. The fourth-order valence-electron chi connectivity index (χ4n) is 4.65. The molecule has 0 saturated heterocycles. The summed E-state index contributed by atoms with van der Waals surface area (Å²) in [6, 6.07) is 37.0. The molecule has 3 heteroatoms. The molecule has 4 aromatic carbocycles. The number of ketones is 1. The van der Waals surface area contributed by atoms with Gasteiger partial charge in [0, 0.05) is 33.0 Å². The van der Waals surface area contributed by atoms with Gasteiger partial charge in [-0.1, -0.05) is 91.0 Å². The van der Waals surface area contributed by atoms with Crippen LogP contribution in [-0.4, -0.2) is 15.8 Å². The zero-order chi connectivity index (χ0) is 23.1. The van der Waals surface area contributed by atoms with Crippen molar-refractivity contribution in [3.8, 4) is 33.6 Å². The monoisotopic (exact) mass is 438 g/mol. The van der Waals surface area contributed by atoms with E-state index in [4.69, 9.17) is 4.98 Å². The van der Waals surface area contributed by atoms with Gasteiger partial charge in [-0.25, -0.2) is 4.98 Å². The summed E-state index contributed by atoms with van der Waals surface area (Å²) in [7, 11) is 0. The highest BCUT2D eigenvalue weighted by molar-refractivity contribution is 6.10. The van der Waals surface area contributed by atoms with Crippen LogP contribution < -0.4 is 0 Å². The summed E-state index contributed by atoms with van der Waals surface area (Å²) in [6.45, 7) is 1.59. The maximum Gasteiger partial charge on any atom is 0.159 e. The molecule has 0 amide bonds. The van der Waals surface area contributed by atoms with Crippen LogP contribution in [0.3, 0.4) is 0 Å². The number of hydrogen-bond donors (Lipinski definition) is 1. The summed E-state index contributed by atoms with van der Waals surface area (Å²) in [5, 5.41) is 2.28. The smallest absolute Gasteiger partial charge is 0.159 e. The Morgan fingerprint density at radius 1 is 0.706 bits per heavy atom. The molecule has 0 radical (unpaired) electrons. The Kier molecular flexibility index (Phi) is 4.81. The number of H-pyrrole nitrogens is 1. The van der Waals surface area contributed by atoms with Crippen LogP contribution in [0.5, 0.6) is 0 Å². The molecule has 162 valence electrons. The lowest BCUT2D eigenvalue weighted by molar-refractivity contribution is 0.101. The summed E-state index contributed by atoms with van der Waals surface area (Å²) in [4.78, 5) is 20.4. The molecule has 0 atom stereocenters. The van der Waals surface area contributed by atoms with Crippen molar-refractivity contribution in [1.82, 2.24) is 9.97 Å². The number of carbonyl (C=O) groups excluding carboxylic acids is 1. The van der Waals surface area contributed by atoms with Crippen molar-refractivity contribution in [3.05, 3.63) is 115 Å². The molecule has 0 unspecified atom stereocenters. The van der Waals surface area contributed by atoms with Crippen molar-refractivity contribution in [1.29, 1.82) is 0 Å². The minimum absolute atomic E-state index is 0.0602. The summed E-state index contributed by atoms with van der Waals surface area (Å²) in [5.41, 5.74) is 9.14. The van der Waals surface area contributed by atoms with Crippen molar-refractivity contribution in [2.75, 3.05) is 0 Å². The number of fused-ring (bicyclic) bond motifs is 2. The number of nitrogens with one attached hydrogen (secondary N) is 1. The first-order valence-electron chi connectivity index (χ1n) is 11.4. The van der Waals surface area contributed by atoms with Gasteiger partial charge in [0.2, 0.25) is 0 Å². The molecular formula is C31H22N2O. The second-order valence-electron chi connectivity index (χ2n) is 8.49. The normalized spacial score (nSPS) is 11.2. The summed E-state index contributed by atoms with van der Waals surface area (Å²) >= 11 is 0. The summed E-state index contributed by atoms with van der Waals surface area (Å²) in [5.74, 6) is 0.0602. The van der Waals surface area contributed by atoms with Gasteiger partial charge < -0.3 is 4.98 Å². The van der Waals surface area contributed by atoms with Crippen LogP contribution >= 0.6 is 0 Å². The molecule has 34 heavy (non-hydrogen) atoms. The van der Waals surface area contributed by atoms with Crippen LogP contribution in [0.1, 0.15) is 17.3 Å². The number of hydrogen-bond acceptors (Lipinski definition) is 2. The van der Waals surface area contributed by atoms with Crippen LogP contribution in [0.25, 0.3) is 55.4 Å². The van der Waals surface area contributed by atoms with Crippen molar-refractivity contribution in [3.63, 3.8) is 0 Å². The van der Waals surface area contributed by atoms with E-state index < -0.39 is 0 Å². The Balaban J connectivity index is 1.66. The molecule has 0 spiro atoms. The number of aromatic amines is 1. The topological polar surface area (TPSA) is 45.8 Å². The Hall–Kier alpha value is -4.50. The number of aromatic nitrogens is 2. The van der Waals surface area contributed by atoms with Gasteiger partial charge >= 0.3 is 0 Å². The fraction of sp³-hybridized carbons (Fsp3) is 0.0323. The van der Waals surface area contributed by atoms with E-state index in [1.54, 1.807) is 6.92 Å². The van der Waals surface area contributed by atoms with Crippen LogP contribution in [0.2, 0.25) is 0 Å². The highest BCUT2D eigenvalue weighted by Crippen LogP contribution is 2.42. The van der Waals surface area contributed by atoms with Gasteiger partial charge in [0.15, 0.2) is 5.78 Å². The molecule has 1 N–H and O–H groups in total. The number of carbonyl (C=O) groups is 1. The molecule has 0 aliphatic carbocycles. The quantitative estimate of drug-likeness (QED) is 0.284. The maximum atomic E-state index is 11.8. The maximum absolute atomic E-state index is 11.8. The molecule has 6 rings (SSSR count).